The molecule has 0 saturated carbocycles. The van der Waals surface area contributed by atoms with Crippen molar-refractivity contribution in [3.05, 3.63) is 74.9 Å². The summed E-state index contributed by atoms with van der Waals surface area (Å²) in [5.41, 5.74) is 0.636. The fourth-order valence-electron chi connectivity index (χ4n) is 2.45. The van der Waals surface area contributed by atoms with E-state index < -0.39 is 4.92 Å². The summed E-state index contributed by atoms with van der Waals surface area (Å²) in [4.78, 5) is 22.7. The van der Waals surface area contributed by atoms with Gasteiger partial charge >= 0.3 is 5.69 Å². The molecule has 2 heterocycles. The molecule has 3 aromatic rings. The van der Waals surface area contributed by atoms with Crippen molar-refractivity contribution in [3.8, 4) is 5.75 Å². The Morgan fingerprint density at radius 2 is 2.21 bits per heavy atom. The highest BCUT2D eigenvalue weighted by Gasteiger charge is 2.16. The second-order valence-corrected chi connectivity index (χ2v) is 6.40. The number of carbonyl (C=O) groups excluding carboxylic acids is 1. The average molecular weight is 405 g/mol. The topological polar surface area (TPSA) is 112 Å². The van der Waals surface area contributed by atoms with Gasteiger partial charge in [0.25, 0.3) is 5.91 Å². The predicted molar refractivity (Wildman–Crippen MR) is 100 cm³/mol. The fourth-order valence-corrected chi connectivity index (χ4v) is 2.61. The number of amides is 1. The van der Waals surface area contributed by atoms with Crippen LogP contribution in [0.5, 0.6) is 5.75 Å². The second kappa shape index (κ2) is 8.57. The number of aryl methyl sites for hydroxylation is 1. The first-order chi connectivity index (χ1) is 13.4. The number of nitrogens with zero attached hydrogens (tertiary/aromatic N) is 3. The van der Waals surface area contributed by atoms with Crippen LogP contribution in [0, 0.1) is 17.0 Å². The Bertz CT molecular complexity index is 998. The van der Waals surface area contributed by atoms with Crippen LogP contribution in [0.2, 0.25) is 5.02 Å². The van der Waals surface area contributed by atoms with Crippen LogP contribution in [0.25, 0.3) is 0 Å². The van der Waals surface area contributed by atoms with Crippen molar-refractivity contribution in [2.45, 2.75) is 20.1 Å². The zero-order valence-corrected chi connectivity index (χ0v) is 15.7. The largest absolute Gasteiger partial charge is 0.479 e. The number of nitro groups is 1. The first-order valence-electron chi connectivity index (χ1n) is 8.35. The second-order valence-electron chi connectivity index (χ2n) is 5.96. The standard InChI is InChI=1S/C18H17ClN4O5/c1-12-2-4-16(15(8-12)23(25)26)27-11-14-3-5-17(28-14)18(24)20-6-7-22-10-13(19)9-21-22/h2-5,8-10H,6-7,11H2,1H3,(H,20,24). The molecule has 0 radical (unpaired) electrons. The van der Waals surface area contributed by atoms with Crippen LogP contribution in [0.1, 0.15) is 21.9 Å². The summed E-state index contributed by atoms with van der Waals surface area (Å²) in [5, 5.41) is 18.4. The number of carbonyl (C=O) groups is 1. The number of rotatable bonds is 8. The van der Waals surface area contributed by atoms with Crippen LogP contribution in [0.3, 0.4) is 0 Å². The van der Waals surface area contributed by atoms with Crippen molar-refractivity contribution >= 4 is 23.2 Å². The number of nitro benzene ring substituents is 1. The molecule has 3 rings (SSSR count). The molecule has 9 nitrogen and oxygen atoms in total. The van der Waals surface area contributed by atoms with E-state index in [9.17, 15) is 14.9 Å². The maximum Gasteiger partial charge on any atom is 0.311 e. The molecule has 28 heavy (non-hydrogen) atoms. The van der Waals surface area contributed by atoms with Gasteiger partial charge in [0, 0.05) is 18.8 Å². The molecule has 146 valence electrons. The highest BCUT2D eigenvalue weighted by molar-refractivity contribution is 6.30. The van der Waals surface area contributed by atoms with Crippen LogP contribution < -0.4 is 10.1 Å². The molecular weight excluding hydrogens is 388 g/mol. The molecule has 0 aliphatic heterocycles. The van der Waals surface area contributed by atoms with Gasteiger partial charge in [0.15, 0.2) is 11.5 Å². The highest BCUT2D eigenvalue weighted by atomic mass is 35.5. The van der Waals surface area contributed by atoms with Crippen molar-refractivity contribution in [1.82, 2.24) is 15.1 Å². The number of benzene rings is 1. The molecule has 1 N–H and O–H groups in total. The van der Waals surface area contributed by atoms with E-state index in [1.54, 1.807) is 29.9 Å². The van der Waals surface area contributed by atoms with Gasteiger partial charge in [-0.05, 0) is 30.7 Å². The quantitative estimate of drug-likeness (QED) is 0.455. The van der Waals surface area contributed by atoms with Gasteiger partial charge in [0.1, 0.15) is 12.4 Å². The van der Waals surface area contributed by atoms with Gasteiger partial charge in [-0.15, -0.1) is 0 Å². The van der Waals surface area contributed by atoms with Crippen LogP contribution in [-0.2, 0) is 13.2 Å². The number of ether oxygens (including phenoxy) is 1. The summed E-state index contributed by atoms with van der Waals surface area (Å²) in [6.07, 6.45) is 3.17. The van der Waals surface area contributed by atoms with E-state index in [1.807, 2.05) is 0 Å². The van der Waals surface area contributed by atoms with E-state index in [4.69, 9.17) is 20.8 Å². The average Bonchev–Trinajstić information content (AvgIpc) is 3.29. The van der Waals surface area contributed by atoms with E-state index in [-0.39, 0.29) is 29.7 Å². The van der Waals surface area contributed by atoms with E-state index in [2.05, 4.69) is 10.4 Å². The number of aromatic nitrogens is 2. The summed E-state index contributed by atoms with van der Waals surface area (Å²) in [6, 6.07) is 7.79. The Balaban J connectivity index is 1.54. The third-order valence-corrected chi connectivity index (χ3v) is 3.99. The zero-order chi connectivity index (χ0) is 20.1. The lowest BCUT2D eigenvalue weighted by atomic mass is 10.2. The number of nitrogens with one attached hydrogen (secondary N) is 1. The third kappa shape index (κ3) is 4.89. The Hall–Kier alpha value is -3.33. The number of hydrogen-bond donors (Lipinski definition) is 1. The van der Waals surface area contributed by atoms with E-state index in [0.29, 0.717) is 23.9 Å². The van der Waals surface area contributed by atoms with Gasteiger partial charge in [-0.1, -0.05) is 17.7 Å². The monoisotopic (exact) mass is 404 g/mol. The van der Waals surface area contributed by atoms with Crippen LogP contribution in [0.15, 0.2) is 47.1 Å². The summed E-state index contributed by atoms with van der Waals surface area (Å²) >= 11 is 5.77. The normalized spacial score (nSPS) is 10.6. The smallest absolute Gasteiger partial charge is 0.311 e. The van der Waals surface area contributed by atoms with Crippen molar-refractivity contribution in [2.75, 3.05) is 6.54 Å². The molecule has 0 aliphatic rings. The van der Waals surface area contributed by atoms with Gasteiger partial charge < -0.3 is 14.5 Å². The minimum atomic E-state index is -0.504. The van der Waals surface area contributed by atoms with Crippen molar-refractivity contribution in [2.24, 2.45) is 0 Å². The molecule has 0 aliphatic carbocycles. The highest BCUT2D eigenvalue weighted by Crippen LogP contribution is 2.28. The Morgan fingerprint density at radius 1 is 1.39 bits per heavy atom. The molecule has 0 unspecified atom stereocenters. The molecule has 0 atom stereocenters. The summed E-state index contributed by atoms with van der Waals surface area (Å²) in [7, 11) is 0. The van der Waals surface area contributed by atoms with Gasteiger partial charge in [-0.2, -0.15) is 5.10 Å². The van der Waals surface area contributed by atoms with Crippen LogP contribution in [-0.4, -0.2) is 27.2 Å². The molecular formula is C18H17ClN4O5. The minimum absolute atomic E-state index is 0.0387. The van der Waals surface area contributed by atoms with Gasteiger partial charge in [-0.3, -0.25) is 19.6 Å². The molecule has 2 aromatic heterocycles. The Morgan fingerprint density at radius 3 is 2.93 bits per heavy atom. The van der Waals surface area contributed by atoms with Gasteiger partial charge in [-0.25, -0.2) is 0 Å². The van der Waals surface area contributed by atoms with Crippen LogP contribution >= 0.6 is 11.6 Å². The lowest BCUT2D eigenvalue weighted by Crippen LogP contribution is -2.27. The zero-order valence-electron chi connectivity index (χ0n) is 14.9. The van der Waals surface area contributed by atoms with E-state index >= 15 is 0 Å². The van der Waals surface area contributed by atoms with Crippen molar-refractivity contribution in [3.63, 3.8) is 0 Å². The summed E-state index contributed by atoms with van der Waals surface area (Å²) in [6.45, 7) is 2.53. The lowest BCUT2D eigenvalue weighted by Gasteiger charge is -2.06. The Kier molecular flexibility index (Phi) is 5.95. The van der Waals surface area contributed by atoms with Gasteiger partial charge in [0.05, 0.1) is 22.7 Å². The van der Waals surface area contributed by atoms with Crippen LogP contribution in [0.4, 0.5) is 5.69 Å². The maximum absolute atomic E-state index is 12.1. The molecule has 0 saturated heterocycles. The number of halogens is 1. The lowest BCUT2D eigenvalue weighted by molar-refractivity contribution is -0.386. The molecule has 0 fully saturated rings. The predicted octanol–water partition coefficient (Wildman–Crippen LogP) is 3.36. The van der Waals surface area contributed by atoms with E-state index in [0.717, 1.165) is 5.56 Å². The SMILES string of the molecule is Cc1ccc(OCc2ccc(C(=O)NCCn3cc(Cl)cn3)o2)c([N+](=O)[O-])c1. The number of furan rings is 1. The van der Waals surface area contributed by atoms with Gasteiger partial charge in [0.2, 0.25) is 0 Å². The maximum atomic E-state index is 12.1. The molecule has 10 heteroatoms. The first-order valence-corrected chi connectivity index (χ1v) is 8.73. The fraction of sp³-hybridized carbons (Fsp3) is 0.222. The Labute approximate surface area is 165 Å². The number of hydrogen-bond acceptors (Lipinski definition) is 6. The minimum Gasteiger partial charge on any atom is -0.479 e. The molecule has 1 aromatic carbocycles. The van der Waals surface area contributed by atoms with Crippen molar-refractivity contribution < 1.29 is 18.9 Å². The van der Waals surface area contributed by atoms with Crippen molar-refractivity contribution in [1.29, 1.82) is 0 Å². The summed E-state index contributed by atoms with van der Waals surface area (Å²) in [5.74, 6) is 0.246. The summed E-state index contributed by atoms with van der Waals surface area (Å²) < 4.78 is 12.5. The molecule has 0 spiro atoms. The molecule has 0 bridgehead atoms. The molecule has 1 amide bonds. The van der Waals surface area contributed by atoms with E-state index in [1.165, 1.54) is 24.4 Å². The first kappa shape index (κ1) is 19.4. The third-order valence-electron chi connectivity index (χ3n) is 3.79.